The molecule has 0 radical (unpaired) electrons. The van der Waals surface area contributed by atoms with Gasteiger partial charge in [0.25, 0.3) is 5.91 Å². The first-order valence-corrected chi connectivity index (χ1v) is 8.19. The van der Waals surface area contributed by atoms with Crippen LogP contribution in [0, 0.1) is 5.41 Å². The van der Waals surface area contributed by atoms with Gasteiger partial charge >= 0.3 is 0 Å². The monoisotopic (exact) mass is 328 g/mol. The Morgan fingerprint density at radius 1 is 1.17 bits per heavy atom. The number of nitrogens with zero attached hydrogens (tertiary/aromatic N) is 1. The number of ether oxygens (including phenoxy) is 1. The van der Waals surface area contributed by atoms with Gasteiger partial charge in [0.2, 0.25) is 0 Å². The zero-order valence-electron chi connectivity index (χ0n) is 14.2. The van der Waals surface area contributed by atoms with Gasteiger partial charge in [0.1, 0.15) is 11.5 Å². The number of hydrogen-bond acceptors (Lipinski definition) is 4. The minimum absolute atomic E-state index is 0.0610. The number of amides is 1. The van der Waals surface area contributed by atoms with E-state index >= 15 is 0 Å². The lowest BCUT2D eigenvalue weighted by Gasteiger charge is -2.29. The molecule has 0 saturated heterocycles. The van der Waals surface area contributed by atoms with Crippen molar-refractivity contribution < 1.29 is 14.6 Å². The highest BCUT2D eigenvalue weighted by Gasteiger charge is 2.26. The number of carbonyl (C=O) groups excluding carboxylic acids is 1. The van der Waals surface area contributed by atoms with Crippen molar-refractivity contribution >= 4 is 5.91 Å². The van der Waals surface area contributed by atoms with Crippen LogP contribution in [0.4, 0.5) is 0 Å². The Hall–Kier alpha value is -2.40. The molecule has 1 aromatic heterocycles. The van der Waals surface area contributed by atoms with Crippen molar-refractivity contribution in [1.82, 2.24) is 10.3 Å². The molecule has 2 rings (SSSR count). The van der Waals surface area contributed by atoms with Crippen molar-refractivity contribution in [3.05, 3.63) is 54.4 Å². The van der Waals surface area contributed by atoms with Crippen molar-refractivity contribution in [2.75, 3.05) is 13.2 Å². The first kappa shape index (κ1) is 17.9. The molecule has 1 amide bonds. The normalized spacial score (nSPS) is 11.1. The predicted octanol–water partition coefficient (Wildman–Crippen LogP) is 3.40. The Balaban J connectivity index is 2.04. The van der Waals surface area contributed by atoms with Crippen LogP contribution in [0.15, 0.2) is 48.8 Å². The van der Waals surface area contributed by atoms with E-state index < -0.39 is 0 Å². The summed E-state index contributed by atoms with van der Waals surface area (Å²) in [6.45, 7) is 4.56. The van der Waals surface area contributed by atoms with E-state index in [2.05, 4.69) is 10.3 Å². The third kappa shape index (κ3) is 4.55. The first-order valence-electron chi connectivity index (χ1n) is 8.19. The molecule has 0 unspecified atom stereocenters. The van der Waals surface area contributed by atoms with Gasteiger partial charge in [-0.05, 0) is 43.2 Å². The summed E-state index contributed by atoms with van der Waals surface area (Å²) < 4.78 is 5.72. The molecule has 5 nitrogen and oxygen atoms in total. The summed E-state index contributed by atoms with van der Waals surface area (Å²) in [5.41, 5.74) is 0.265. The first-order chi connectivity index (χ1) is 11.6. The fourth-order valence-corrected chi connectivity index (χ4v) is 2.39. The average Bonchev–Trinajstić information content (AvgIpc) is 2.64. The molecule has 24 heavy (non-hydrogen) atoms. The van der Waals surface area contributed by atoms with E-state index in [-0.39, 0.29) is 17.9 Å². The summed E-state index contributed by atoms with van der Waals surface area (Å²) in [5, 5.41) is 12.5. The molecule has 1 aromatic carbocycles. The maximum atomic E-state index is 12.4. The van der Waals surface area contributed by atoms with Gasteiger partial charge in [0.05, 0.1) is 6.61 Å². The van der Waals surface area contributed by atoms with E-state index in [9.17, 15) is 9.90 Å². The van der Waals surface area contributed by atoms with Crippen molar-refractivity contribution in [1.29, 1.82) is 0 Å². The van der Waals surface area contributed by atoms with Crippen LogP contribution in [0.3, 0.4) is 0 Å². The molecule has 5 heteroatoms. The number of carbonyl (C=O) groups is 1. The Morgan fingerprint density at radius 2 is 1.88 bits per heavy atom. The summed E-state index contributed by atoms with van der Waals surface area (Å²) in [4.78, 5) is 16.3. The lowest BCUT2D eigenvalue weighted by molar-refractivity contribution is 0.0851. The second-order valence-corrected chi connectivity index (χ2v) is 5.86. The van der Waals surface area contributed by atoms with Crippen LogP contribution in [-0.2, 0) is 0 Å². The van der Waals surface area contributed by atoms with E-state index in [0.717, 1.165) is 12.8 Å². The van der Waals surface area contributed by atoms with Gasteiger partial charge in [0.15, 0.2) is 0 Å². The van der Waals surface area contributed by atoms with Gasteiger partial charge in [-0.3, -0.25) is 9.78 Å². The van der Waals surface area contributed by atoms with Gasteiger partial charge in [-0.15, -0.1) is 0 Å². The zero-order chi connectivity index (χ0) is 17.4. The summed E-state index contributed by atoms with van der Waals surface area (Å²) >= 11 is 0. The van der Waals surface area contributed by atoms with Gasteiger partial charge in [-0.25, -0.2) is 0 Å². The van der Waals surface area contributed by atoms with Gasteiger partial charge < -0.3 is 15.2 Å². The molecule has 0 atom stereocenters. The van der Waals surface area contributed by atoms with Crippen LogP contribution < -0.4 is 10.1 Å². The molecule has 0 aliphatic heterocycles. The summed E-state index contributed by atoms with van der Waals surface area (Å²) in [6, 6.07) is 10.5. The number of hydrogen-bond donors (Lipinski definition) is 2. The Labute approximate surface area is 142 Å². The van der Waals surface area contributed by atoms with E-state index in [4.69, 9.17) is 4.74 Å². The van der Waals surface area contributed by atoms with Gasteiger partial charge in [-0.1, -0.05) is 19.9 Å². The minimum Gasteiger partial charge on any atom is -0.457 e. The number of aromatic nitrogens is 1. The molecule has 2 aromatic rings. The van der Waals surface area contributed by atoms with E-state index in [0.29, 0.717) is 23.6 Å². The molecule has 0 saturated carbocycles. The fourth-order valence-electron chi connectivity index (χ4n) is 2.39. The molecule has 0 aliphatic rings. The highest BCUT2D eigenvalue weighted by atomic mass is 16.5. The number of rotatable bonds is 8. The highest BCUT2D eigenvalue weighted by molar-refractivity contribution is 5.94. The molecule has 1 heterocycles. The van der Waals surface area contributed by atoms with Crippen LogP contribution in [0.1, 0.15) is 37.0 Å². The number of pyridine rings is 1. The molecule has 128 valence electrons. The standard InChI is InChI=1S/C19H24N2O3/c1-3-19(4-2,14-22)13-21-18(23)15-6-5-7-17(12-15)24-16-8-10-20-11-9-16/h5-12,22H,3-4,13-14H2,1-2H3,(H,21,23). The van der Waals surface area contributed by atoms with Crippen LogP contribution in [0.2, 0.25) is 0 Å². The summed E-state index contributed by atoms with van der Waals surface area (Å²) in [7, 11) is 0. The van der Waals surface area contributed by atoms with E-state index in [1.807, 2.05) is 13.8 Å². The quantitative estimate of drug-likeness (QED) is 0.779. The maximum absolute atomic E-state index is 12.4. The van der Waals surface area contributed by atoms with Crippen molar-refractivity contribution in [2.45, 2.75) is 26.7 Å². The second-order valence-electron chi connectivity index (χ2n) is 5.86. The minimum atomic E-state index is -0.263. The van der Waals surface area contributed by atoms with E-state index in [1.165, 1.54) is 0 Å². The summed E-state index contributed by atoms with van der Waals surface area (Å²) in [6.07, 6.45) is 4.92. The number of aliphatic hydroxyl groups excluding tert-OH is 1. The maximum Gasteiger partial charge on any atom is 0.251 e. The van der Waals surface area contributed by atoms with Crippen LogP contribution in [-0.4, -0.2) is 29.1 Å². The number of nitrogens with one attached hydrogen (secondary N) is 1. The molecule has 0 spiro atoms. The van der Waals surface area contributed by atoms with Crippen LogP contribution in [0.5, 0.6) is 11.5 Å². The SMILES string of the molecule is CCC(CC)(CO)CNC(=O)c1cccc(Oc2ccncc2)c1. The number of benzene rings is 1. The fraction of sp³-hybridized carbons (Fsp3) is 0.368. The van der Waals surface area contributed by atoms with Gasteiger partial charge in [-0.2, -0.15) is 0 Å². The van der Waals surface area contributed by atoms with E-state index in [1.54, 1.807) is 48.8 Å². The summed E-state index contributed by atoms with van der Waals surface area (Å²) in [5.74, 6) is 1.09. The molecular formula is C19H24N2O3. The molecular weight excluding hydrogens is 304 g/mol. The smallest absolute Gasteiger partial charge is 0.251 e. The Morgan fingerprint density at radius 3 is 2.50 bits per heavy atom. The Kier molecular flexibility index (Phi) is 6.32. The Bertz CT molecular complexity index is 646. The van der Waals surface area contributed by atoms with Gasteiger partial charge in [0, 0.05) is 29.9 Å². The lowest BCUT2D eigenvalue weighted by Crippen LogP contribution is -2.39. The predicted molar refractivity (Wildman–Crippen MR) is 93.2 cm³/mol. The average molecular weight is 328 g/mol. The molecule has 2 N–H and O–H groups in total. The second kappa shape index (κ2) is 8.45. The van der Waals surface area contributed by atoms with Crippen molar-refractivity contribution in [3.63, 3.8) is 0 Å². The van der Waals surface area contributed by atoms with Crippen molar-refractivity contribution in [3.8, 4) is 11.5 Å². The largest absolute Gasteiger partial charge is 0.457 e. The molecule has 0 bridgehead atoms. The van der Waals surface area contributed by atoms with Crippen molar-refractivity contribution in [2.24, 2.45) is 5.41 Å². The topological polar surface area (TPSA) is 71.5 Å². The number of aliphatic hydroxyl groups is 1. The zero-order valence-corrected chi connectivity index (χ0v) is 14.2. The van der Waals surface area contributed by atoms with Crippen LogP contribution >= 0.6 is 0 Å². The third-order valence-electron chi connectivity index (χ3n) is 4.44. The lowest BCUT2D eigenvalue weighted by atomic mass is 9.83. The molecule has 0 aliphatic carbocycles. The van der Waals surface area contributed by atoms with Crippen LogP contribution in [0.25, 0.3) is 0 Å². The third-order valence-corrected chi connectivity index (χ3v) is 4.44. The highest BCUT2D eigenvalue weighted by Crippen LogP contribution is 2.25. The molecule has 0 fully saturated rings.